The number of hydrogen-bond donors (Lipinski definition) is 0. The van der Waals surface area contributed by atoms with Crippen LogP contribution < -0.4 is 4.74 Å². The largest absolute Gasteiger partial charge is 0.497 e. The van der Waals surface area contributed by atoms with E-state index in [1.807, 2.05) is 59.1 Å². The zero-order valence-electron chi connectivity index (χ0n) is 14.8. The van der Waals surface area contributed by atoms with Crippen LogP contribution in [-0.4, -0.2) is 52.9 Å². The number of aromatic nitrogens is 1. The van der Waals surface area contributed by atoms with Gasteiger partial charge >= 0.3 is 0 Å². The smallest absolute Gasteiger partial charge is 0.271 e. The van der Waals surface area contributed by atoms with E-state index in [1.54, 1.807) is 18.9 Å². The summed E-state index contributed by atoms with van der Waals surface area (Å²) in [6.45, 7) is 3.13. The van der Waals surface area contributed by atoms with Gasteiger partial charge in [-0.2, -0.15) is 0 Å². The van der Waals surface area contributed by atoms with Crippen LogP contribution in [0.15, 0.2) is 42.6 Å². The van der Waals surface area contributed by atoms with Crippen LogP contribution in [0.4, 0.5) is 0 Å². The van der Waals surface area contributed by atoms with Gasteiger partial charge in [-0.3, -0.25) is 9.59 Å². The number of benzene rings is 1. The van der Waals surface area contributed by atoms with Crippen LogP contribution in [-0.2, 0) is 11.8 Å². The molecule has 1 aromatic heterocycles. The van der Waals surface area contributed by atoms with E-state index in [0.29, 0.717) is 25.3 Å². The molecule has 0 spiro atoms. The van der Waals surface area contributed by atoms with Gasteiger partial charge in [0.1, 0.15) is 11.4 Å². The molecule has 3 rings (SSSR count). The minimum Gasteiger partial charge on any atom is -0.497 e. The van der Waals surface area contributed by atoms with Gasteiger partial charge in [-0.15, -0.1) is 0 Å². The van der Waals surface area contributed by atoms with Crippen molar-refractivity contribution in [2.24, 2.45) is 7.05 Å². The number of hydrogen-bond acceptors (Lipinski definition) is 3. The molecule has 6 heteroatoms. The molecule has 1 fully saturated rings. The molecule has 0 saturated carbocycles. The van der Waals surface area contributed by atoms with Gasteiger partial charge in [0.25, 0.3) is 5.91 Å². The summed E-state index contributed by atoms with van der Waals surface area (Å²) < 4.78 is 7.04. The minimum atomic E-state index is -0.175. The Morgan fingerprint density at radius 1 is 1.12 bits per heavy atom. The van der Waals surface area contributed by atoms with Crippen LogP contribution in [0.2, 0.25) is 0 Å². The molecule has 25 heavy (non-hydrogen) atoms. The molecule has 0 bridgehead atoms. The van der Waals surface area contributed by atoms with E-state index < -0.39 is 0 Å². The molecule has 6 nitrogen and oxygen atoms in total. The van der Waals surface area contributed by atoms with E-state index >= 15 is 0 Å². The molecule has 1 aliphatic rings. The Kier molecular flexibility index (Phi) is 4.79. The summed E-state index contributed by atoms with van der Waals surface area (Å²) >= 11 is 0. The second-order valence-corrected chi connectivity index (χ2v) is 6.26. The van der Waals surface area contributed by atoms with Crippen LogP contribution in [0.3, 0.4) is 0 Å². The number of methoxy groups -OCH3 is 1. The molecule has 1 saturated heterocycles. The third-order valence-electron chi connectivity index (χ3n) is 4.75. The molecule has 2 heterocycles. The average molecular weight is 341 g/mol. The number of piperazine rings is 1. The zero-order valence-corrected chi connectivity index (χ0v) is 14.8. The summed E-state index contributed by atoms with van der Waals surface area (Å²) in [5.74, 6) is 0.782. The fourth-order valence-electron chi connectivity index (χ4n) is 3.25. The van der Waals surface area contributed by atoms with Gasteiger partial charge < -0.3 is 19.1 Å². The van der Waals surface area contributed by atoms with Crippen molar-refractivity contribution < 1.29 is 14.3 Å². The molecule has 0 N–H and O–H groups in total. The normalized spacial score (nSPS) is 17.5. The molecule has 132 valence electrons. The van der Waals surface area contributed by atoms with Gasteiger partial charge in [-0.1, -0.05) is 12.1 Å². The van der Waals surface area contributed by atoms with Gasteiger partial charge in [-0.25, -0.2) is 0 Å². The quantitative estimate of drug-likeness (QED) is 0.859. The predicted octanol–water partition coefficient (Wildman–Crippen LogP) is 2.08. The van der Waals surface area contributed by atoms with E-state index in [-0.39, 0.29) is 17.9 Å². The number of carbonyl (C=O) groups excluding carboxylic acids is 2. The summed E-state index contributed by atoms with van der Waals surface area (Å²) in [7, 11) is 3.49. The van der Waals surface area contributed by atoms with Gasteiger partial charge in [0.15, 0.2) is 0 Å². The van der Waals surface area contributed by atoms with Crippen LogP contribution in [0, 0.1) is 0 Å². The van der Waals surface area contributed by atoms with E-state index in [0.717, 1.165) is 11.3 Å². The SMILES string of the molecule is COc1ccc(C2CN(C(C)=O)CCN2C(=O)c2cccn2C)cc1. The number of rotatable bonds is 3. The summed E-state index contributed by atoms with van der Waals surface area (Å²) in [5, 5.41) is 0. The number of ether oxygens (including phenoxy) is 1. The Balaban J connectivity index is 1.92. The lowest BCUT2D eigenvalue weighted by molar-refractivity contribution is -0.131. The van der Waals surface area contributed by atoms with Crippen LogP contribution in [0.1, 0.15) is 29.0 Å². The maximum Gasteiger partial charge on any atom is 0.271 e. The predicted molar refractivity (Wildman–Crippen MR) is 94.4 cm³/mol. The highest BCUT2D eigenvalue weighted by Crippen LogP contribution is 2.28. The maximum atomic E-state index is 13.0. The van der Waals surface area contributed by atoms with Gasteiger partial charge in [0, 0.05) is 39.8 Å². The second-order valence-electron chi connectivity index (χ2n) is 6.26. The first-order chi connectivity index (χ1) is 12.0. The number of aryl methyl sites for hydroxylation is 1. The van der Waals surface area contributed by atoms with Crippen LogP contribution >= 0.6 is 0 Å². The first kappa shape index (κ1) is 17.1. The van der Waals surface area contributed by atoms with Crippen LogP contribution in [0.5, 0.6) is 5.75 Å². The molecule has 2 aromatic rings. The first-order valence-electron chi connectivity index (χ1n) is 8.33. The van der Waals surface area contributed by atoms with Crippen molar-refractivity contribution in [2.45, 2.75) is 13.0 Å². The van der Waals surface area contributed by atoms with Gasteiger partial charge in [0.05, 0.1) is 13.2 Å². The van der Waals surface area contributed by atoms with E-state index in [9.17, 15) is 9.59 Å². The lowest BCUT2D eigenvalue weighted by atomic mass is 10.0. The summed E-state index contributed by atoms with van der Waals surface area (Å²) in [5.41, 5.74) is 1.64. The molecule has 1 atom stereocenters. The first-order valence-corrected chi connectivity index (χ1v) is 8.33. The lowest BCUT2D eigenvalue weighted by Crippen LogP contribution is -2.52. The second kappa shape index (κ2) is 7.01. The fraction of sp³-hybridized carbons (Fsp3) is 0.368. The Bertz CT molecular complexity index is 766. The van der Waals surface area contributed by atoms with Crippen molar-refractivity contribution in [2.75, 3.05) is 26.7 Å². The minimum absolute atomic E-state index is 0.0171. The fourth-order valence-corrected chi connectivity index (χ4v) is 3.25. The van der Waals surface area contributed by atoms with Gasteiger partial charge in [0.2, 0.25) is 5.91 Å². The van der Waals surface area contributed by atoms with Crippen molar-refractivity contribution >= 4 is 11.8 Å². The van der Waals surface area contributed by atoms with Crippen molar-refractivity contribution in [1.29, 1.82) is 0 Å². The highest BCUT2D eigenvalue weighted by atomic mass is 16.5. The van der Waals surface area contributed by atoms with E-state index in [2.05, 4.69) is 0 Å². The molecular weight excluding hydrogens is 318 g/mol. The third-order valence-corrected chi connectivity index (χ3v) is 4.75. The standard InChI is InChI=1S/C19H23N3O3/c1-14(23)21-11-12-22(19(24)17-5-4-10-20(17)2)18(13-21)15-6-8-16(25-3)9-7-15/h4-10,18H,11-13H2,1-3H3. The average Bonchev–Trinajstić information content (AvgIpc) is 3.06. The molecule has 0 radical (unpaired) electrons. The maximum absolute atomic E-state index is 13.0. The van der Waals surface area contributed by atoms with E-state index in [4.69, 9.17) is 4.74 Å². The Hall–Kier alpha value is -2.76. The summed E-state index contributed by atoms with van der Waals surface area (Å²) in [6, 6.07) is 11.2. The molecule has 1 unspecified atom stereocenters. The molecule has 2 amide bonds. The molecule has 1 aliphatic heterocycles. The highest BCUT2D eigenvalue weighted by Gasteiger charge is 2.33. The Labute approximate surface area is 147 Å². The Morgan fingerprint density at radius 2 is 1.84 bits per heavy atom. The number of carbonyl (C=O) groups is 2. The Morgan fingerprint density at radius 3 is 2.40 bits per heavy atom. The monoisotopic (exact) mass is 341 g/mol. The number of nitrogens with zero attached hydrogens (tertiary/aromatic N) is 3. The topological polar surface area (TPSA) is 54.8 Å². The van der Waals surface area contributed by atoms with Crippen molar-refractivity contribution in [3.8, 4) is 5.75 Å². The summed E-state index contributed by atoms with van der Waals surface area (Å²) in [6.07, 6.45) is 1.86. The third kappa shape index (κ3) is 3.38. The molecule has 1 aromatic carbocycles. The lowest BCUT2D eigenvalue weighted by Gasteiger charge is -2.41. The molecule has 0 aliphatic carbocycles. The van der Waals surface area contributed by atoms with E-state index in [1.165, 1.54) is 0 Å². The summed E-state index contributed by atoms with van der Waals surface area (Å²) in [4.78, 5) is 28.5. The van der Waals surface area contributed by atoms with Crippen molar-refractivity contribution in [1.82, 2.24) is 14.4 Å². The van der Waals surface area contributed by atoms with Crippen molar-refractivity contribution in [3.05, 3.63) is 53.9 Å². The highest BCUT2D eigenvalue weighted by molar-refractivity contribution is 5.93. The molecular formula is C19H23N3O3. The van der Waals surface area contributed by atoms with Crippen LogP contribution in [0.25, 0.3) is 0 Å². The van der Waals surface area contributed by atoms with Gasteiger partial charge in [-0.05, 0) is 29.8 Å². The van der Waals surface area contributed by atoms with Crippen molar-refractivity contribution in [3.63, 3.8) is 0 Å². The number of amides is 2. The zero-order chi connectivity index (χ0) is 18.0.